The number of aromatic nitrogens is 1. The second-order valence-corrected chi connectivity index (χ2v) is 7.03. The van der Waals surface area contributed by atoms with Crippen molar-refractivity contribution in [3.63, 3.8) is 0 Å². The van der Waals surface area contributed by atoms with Crippen LogP contribution in [0.4, 0.5) is 0 Å². The molecule has 0 atom stereocenters. The first kappa shape index (κ1) is 17.3. The van der Waals surface area contributed by atoms with Crippen molar-refractivity contribution in [1.82, 2.24) is 4.98 Å². The number of benzene rings is 2. The summed E-state index contributed by atoms with van der Waals surface area (Å²) in [5.41, 5.74) is 4.71. The molecule has 0 aliphatic heterocycles. The molecule has 0 unspecified atom stereocenters. The van der Waals surface area contributed by atoms with E-state index in [1.54, 1.807) is 6.20 Å². The molecule has 1 aliphatic carbocycles. The second kappa shape index (κ2) is 7.62. The number of carboxylic acids is 1. The Hall–Kier alpha value is -3.14. The zero-order chi connectivity index (χ0) is 18.6. The predicted molar refractivity (Wildman–Crippen MR) is 108 cm³/mol. The number of nitrogens with zero attached hydrogens (tertiary/aromatic N) is 1. The fourth-order valence-electron chi connectivity index (χ4n) is 3.32. The van der Waals surface area contributed by atoms with Crippen LogP contribution in [0.2, 0.25) is 0 Å². The SMILES string of the molecule is O=C(O)C(Cc1c[nH]c2cc(C3CC3)ccc12)=NC=CCc1ccccc1. The van der Waals surface area contributed by atoms with E-state index >= 15 is 0 Å². The lowest BCUT2D eigenvalue weighted by Gasteiger charge is -2.02. The molecule has 1 heterocycles. The lowest BCUT2D eigenvalue weighted by atomic mass is 10.0. The van der Waals surface area contributed by atoms with Gasteiger partial charge in [-0.3, -0.25) is 4.99 Å². The molecule has 2 N–H and O–H groups in total. The second-order valence-electron chi connectivity index (χ2n) is 7.03. The van der Waals surface area contributed by atoms with Crippen LogP contribution in [0.1, 0.15) is 35.4 Å². The molecule has 1 aromatic heterocycles. The first-order valence-corrected chi connectivity index (χ1v) is 9.29. The number of carboxylic acid groups (broad SMARTS) is 1. The summed E-state index contributed by atoms with van der Waals surface area (Å²) in [5.74, 6) is -0.282. The van der Waals surface area contributed by atoms with E-state index in [-0.39, 0.29) is 5.71 Å². The van der Waals surface area contributed by atoms with E-state index < -0.39 is 5.97 Å². The average Bonchev–Trinajstić information content (AvgIpc) is 3.46. The third-order valence-electron chi connectivity index (χ3n) is 4.98. The highest BCUT2D eigenvalue weighted by molar-refractivity contribution is 6.36. The number of rotatable bonds is 7. The minimum absolute atomic E-state index is 0.145. The van der Waals surface area contributed by atoms with Crippen molar-refractivity contribution in [2.24, 2.45) is 4.99 Å². The molecule has 1 saturated carbocycles. The van der Waals surface area contributed by atoms with Crippen molar-refractivity contribution < 1.29 is 9.90 Å². The van der Waals surface area contributed by atoms with Crippen LogP contribution in [-0.4, -0.2) is 21.8 Å². The number of H-pyrrole nitrogens is 1. The molecular formula is C23H22N2O2. The van der Waals surface area contributed by atoms with Gasteiger partial charge in [-0.1, -0.05) is 48.5 Å². The Morgan fingerprint density at radius 3 is 2.74 bits per heavy atom. The van der Waals surface area contributed by atoms with Gasteiger partial charge in [0.25, 0.3) is 0 Å². The third kappa shape index (κ3) is 4.17. The van der Waals surface area contributed by atoms with Crippen molar-refractivity contribution in [3.8, 4) is 0 Å². The largest absolute Gasteiger partial charge is 0.477 e. The number of hydrogen-bond donors (Lipinski definition) is 2. The Morgan fingerprint density at radius 1 is 1.19 bits per heavy atom. The quantitative estimate of drug-likeness (QED) is 0.592. The molecule has 2 aromatic carbocycles. The highest BCUT2D eigenvalue weighted by Crippen LogP contribution is 2.41. The summed E-state index contributed by atoms with van der Waals surface area (Å²) < 4.78 is 0. The van der Waals surface area contributed by atoms with E-state index in [0.717, 1.165) is 22.9 Å². The van der Waals surface area contributed by atoms with Crippen LogP contribution in [0.25, 0.3) is 10.9 Å². The zero-order valence-corrected chi connectivity index (χ0v) is 15.1. The maximum atomic E-state index is 11.6. The van der Waals surface area contributed by atoms with E-state index in [1.165, 1.54) is 24.0 Å². The molecule has 4 heteroatoms. The van der Waals surface area contributed by atoms with Crippen LogP contribution in [0, 0.1) is 0 Å². The topological polar surface area (TPSA) is 65.4 Å². The van der Waals surface area contributed by atoms with Crippen molar-refractivity contribution in [3.05, 3.63) is 83.7 Å². The number of aromatic amines is 1. The molecule has 136 valence electrons. The van der Waals surface area contributed by atoms with Crippen molar-refractivity contribution >= 4 is 22.6 Å². The van der Waals surface area contributed by atoms with Crippen LogP contribution in [0.5, 0.6) is 0 Å². The number of nitrogens with one attached hydrogen (secondary N) is 1. The highest BCUT2D eigenvalue weighted by atomic mass is 16.4. The van der Waals surface area contributed by atoms with Gasteiger partial charge in [-0.25, -0.2) is 4.79 Å². The van der Waals surface area contributed by atoms with Crippen LogP contribution >= 0.6 is 0 Å². The molecule has 4 nitrogen and oxygen atoms in total. The van der Waals surface area contributed by atoms with E-state index in [0.29, 0.717) is 12.3 Å². The lowest BCUT2D eigenvalue weighted by Crippen LogP contribution is -2.15. The molecular weight excluding hydrogens is 336 g/mol. The molecule has 0 radical (unpaired) electrons. The fraction of sp³-hybridized carbons (Fsp3) is 0.217. The van der Waals surface area contributed by atoms with E-state index in [4.69, 9.17) is 0 Å². The normalized spacial score (nSPS) is 14.9. The molecule has 0 saturated heterocycles. The molecule has 1 fully saturated rings. The van der Waals surface area contributed by atoms with E-state index in [9.17, 15) is 9.90 Å². The summed E-state index contributed by atoms with van der Waals surface area (Å²) in [6.07, 6.45) is 8.94. The molecule has 3 aromatic rings. The minimum Gasteiger partial charge on any atom is -0.477 e. The van der Waals surface area contributed by atoms with Crippen LogP contribution < -0.4 is 0 Å². The van der Waals surface area contributed by atoms with Crippen LogP contribution in [0.15, 0.2) is 72.0 Å². The van der Waals surface area contributed by atoms with Gasteiger partial charge >= 0.3 is 5.97 Å². The van der Waals surface area contributed by atoms with Crippen LogP contribution in [-0.2, 0) is 17.6 Å². The first-order valence-electron chi connectivity index (χ1n) is 9.29. The summed E-state index contributed by atoms with van der Waals surface area (Å²) in [7, 11) is 0. The number of aliphatic carboxylic acids is 1. The third-order valence-corrected chi connectivity index (χ3v) is 4.98. The number of fused-ring (bicyclic) bond motifs is 1. The van der Waals surface area contributed by atoms with Crippen molar-refractivity contribution in [2.75, 3.05) is 0 Å². The van der Waals surface area contributed by atoms with Crippen molar-refractivity contribution in [1.29, 1.82) is 0 Å². The van der Waals surface area contributed by atoms with E-state index in [2.05, 4.69) is 28.2 Å². The van der Waals surface area contributed by atoms with Gasteiger partial charge < -0.3 is 10.1 Å². The number of aliphatic imine (C=N–C) groups is 1. The van der Waals surface area contributed by atoms with E-state index in [1.807, 2.05) is 42.6 Å². The number of hydrogen-bond acceptors (Lipinski definition) is 2. The lowest BCUT2D eigenvalue weighted by molar-refractivity contribution is -0.129. The Bertz CT molecular complexity index is 1010. The van der Waals surface area contributed by atoms with Crippen LogP contribution in [0.3, 0.4) is 0 Å². The minimum atomic E-state index is -0.983. The smallest absolute Gasteiger partial charge is 0.350 e. The Labute approximate surface area is 158 Å². The molecule has 1 aliphatic rings. The summed E-state index contributed by atoms with van der Waals surface area (Å²) >= 11 is 0. The first-order chi connectivity index (χ1) is 13.2. The fourth-order valence-corrected chi connectivity index (χ4v) is 3.32. The zero-order valence-electron chi connectivity index (χ0n) is 15.1. The summed E-state index contributed by atoms with van der Waals surface area (Å²) in [6, 6.07) is 16.5. The molecule has 27 heavy (non-hydrogen) atoms. The Balaban J connectivity index is 1.49. The van der Waals surface area contributed by atoms with Gasteiger partial charge in [-0.05, 0) is 47.9 Å². The van der Waals surface area contributed by atoms with Gasteiger partial charge in [-0.15, -0.1) is 0 Å². The summed E-state index contributed by atoms with van der Waals surface area (Å²) in [6.45, 7) is 0. The molecule has 4 rings (SSSR count). The van der Waals surface area contributed by atoms with Gasteiger partial charge in [-0.2, -0.15) is 0 Å². The summed E-state index contributed by atoms with van der Waals surface area (Å²) in [4.78, 5) is 19.1. The predicted octanol–water partition coefficient (Wildman–Crippen LogP) is 4.87. The maximum absolute atomic E-state index is 11.6. The average molecular weight is 358 g/mol. The van der Waals surface area contributed by atoms with Gasteiger partial charge in [0.2, 0.25) is 0 Å². The molecule has 0 bridgehead atoms. The highest BCUT2D eigenvalue weighted by Gasteiger charge is 2.24. The van der Waals surface area contributed by atoms with Gasteiger partial charge in [0.1, 0.15) is 5.71 Å². The Kier molecular flexibility index (Phi) is 4.88. The van der Waals surface area contributed by atoms with Gasteiger partial charge in [0.15, 0.2) is 0 Å². The number of carbonyl (C=O) groups is 1. The molecule has 0 amide bonds. The monoisotopic (exact) mass is 358 g/mol. The van der Waals surface area contributed by atoms with Gasteiger partial charge in [0, 0.05) is 29.7 Å². The molecule has 0 spiro atoms. The standard InChI is InChI=1S/C23H22N2O2/c26-23(27)22(24-12-4-7-16-5-2-1-3-6-16)14-19-15-25-21-13-18(17-8-9-17)10-11-20(19)21/h1-6,10-13,15,17,25H,7-9,14H2,(H,26,27). The maximum Gasteiger partial charge on any atom is 0.350 e. The number of allylic oxidation sites excluding steroid dienone is 1. The van der Waals surface area contributed by atoms with Crippen molar-refractivity contribution in [2.45, 2.75) is 31.6 Å². The van der Waals surface area contributed by atoms with Gasteiger partial charge in [0.05, 0.1) is 0 Å². The Morgan fingerprint density at radius 2 is 2.00 bits per heavy atom. The summed E-state index contributed by atoms with van der Waals surface area (Å²) in [5, 5.41) is 10.6.